The first-order valence-corrected chi connectivity index (χ1v) is 31.5. The number of phosphoric ester groups is 1. The van der Waals surface area contributed by atoms with Gasteiger partial charge in [0.2, 0.25) is 5.91 Å². The highest BCUT2D eigenvalue weighted by molar-refractivity contribution is 7.45. The van der Waals surface area contributed by atoms with Crippen LogP contribution in [0.5, 0.6) is 0 Å². The molecule has 0 fully saturated rings. The average Bonchev–Trinajstić information content (AvgIpc) is 3.30. The zero-order chi connectivity index (χ0) is 49.9. The van der Waals surface area contributed by atoms with Crippen LogP contribution in [0, 0.1) is 0 Å². The highest BCUT2D eigenvalue weighted by Crippen LogP contribution is 2.38. The van der Waals surface area contributed by atoms with Crippen molar-refractivity contribution in [1.29, 1.82) is 0 Å². The molecule has 0 saturated heterocycles. The summed E-state index contributed by atoms with van der Waals surface area (Å²) < 4.78 is 23.3. The van der Waals surface area contributed by atoms with Gasteiger partial charge in [0, 0.05) is 6.42 Å². The van der Waals surface area contributed by atoms with Crippen molar-refractivity contribution in [2.24, 2.45) is 0 Å². The highest BCUT2D eigenvalue weighted by Gasteiger charge is 2.23. The lowest BCUT2D eigenvalue weighted by Crippen LogP contribution is -2.45. The summed E-state index contributed by atoms with van der Waals surface area (Å²) in [5.41, 5.74) is 0. The number of likely N-dealkylation sites (N-methyl/N-ethyl adjacent to an activating group) is 1. The number of quaternary nitrogens is 1. The second kappa shape index (κ2) is 51.2. The Morgan fingerprint density at radius 2 is 0.794 bits per heavy atom. The lowest BCUT2D eigenvalue weighted by atomic mass is 10.0. The van der Waals surface area contributed by atoms with Crippen LogP contribution in [-0.2, 0) is 18.4 Å². The number of hydrogen-bond acceptors (Lipinski definition) is 6. The number of rotatable bonds is 56. The van der Waals surface area contributed by atoms with Crippen molar-refractivity contribution in [2.45, 2.75) is 321 Å². The van der Waals surface area contributed by atoms with Crippen LogP contribution >= 0.6 is 7.82 Å². The van der Waals surface area contributed by atoms with E-state index in [9.17, 15) is 19.4 Å². The third kappa shape index (κ3) is 53.0. The molecule has 0 saturated carbocycles. The van der Waals surface area contributed by atoms with E-state index in [2.05, 4.69) is 19.2 Å². The molecule has 3 atom stereocenters. The molecule has 9 heteroatoms. The van der Waals surface area contributed by atoms with Gasteiger partial charge in [-0.2, -0.15) is 0 Å². The van der Waals surface area contributed by atoms with E-state index in [1.54, 1.807) is 6.08 Å². The van der Waals surface area contributed by atoms with Gasteiger partial charge in [-0.15, -0.1) is 0 Å². The maximum Gasteiger partial charge on any atom is 0.268 e. The normalized spacial score (nSPS) is 13.9. The molecule has 0 aliphatic heterocycles. The van der Waals surface area contributed by atoms with Crippen LogP contribution in [0.3, 0.4) is 0 Å². The van der Waals surface area contributed by atoms with Crippen molar-refractivity contribution in [3.8, 4) is 0 Å². The lowest BCUT2D eigenvalue weighted by Gasteiger charge is -2.29. The topological polar surface area (TPSA) is 108 Å². The molecule has 8 nitrogen and oxygen atoms in total. The Balaban J connectivity index is 3.94. The van der Waals surface area contributed by atoms with Crippen molar-refractivity contribution in [2.75, 3.05) is 40.9 Å². The van der Waals surface area contributed by atoms with Gasteiger partial charge in [0.15, 0.2) is 0 Å². The van der Waals surface area contributed by atoms with Gasteiger partial charge < -0.3 is 28.8 Å². The molecule has 0 aliphatic carbocycles. The molecule has 0 rings (SSSR count). The SMILES string of the molecule is CCCCCCCCCCCCC/C=C/[C@@H](O)[C@H](COP(=O)([O-])OCC[N+](C)(C)C)NC(=O)CCCCCCCCCCCCCCCCCCCCCCCCCCCCCCCCCCC. The molecule has 68 heavy (non-hydrogen) atoms. The van der Waals surface area contributed by atoms with Gasteiger partial charge in [-0.05, 0) is 19.3 Å². The number of nitrogens with zero attached hydrogens (tertiary/aromatic N) is 1. The van der Waals surface area contributed by atoms with Gasteiger partial charge in [-0.1, -0.05) is 296 Å². The number of aliphatic hydroxyl groups excluding tert-OH is 1. The van der Waals surface area contributed by atoms with E-state index in [0.717, 1.165) is 38.5 Å². The fourth-order valence-electron chi connectivity index (χ4n) is 9.27. The summed E-state index contributed by atoms with van der Waals surface area (Å²) >= 11 is 0. The first kappa shape index (κ1) is 67.2. The van der Waals surface area contributed by atoms with Crippen LogP contribution in [-0.4, -0.2) is 68.5 Å². The van der Waals surface area contributed by atoms with Crippen LogP contribution < -0.4 is 10.2 Å². The predicted molar refractivity (Wildman–Crippen MR) is 293 cm³/mol. The average molecular weight is 984 g/mol. The third-order valence-electron chi connectivity index (χ3n) is 14.0. The van der Waals surface area contributed by atoms with Crippen molar-refractivity contribution < 1.29 is 32.9 Å². The van der Waals surface area contributed by atoms with Crippen molar-refractivity contribution in [3.05, 3.63) is 12.2 Å². The maximum atomic E-state index is 12.9. The molecule has 0 aromatic heterocycles. The smallest absolute Gasteiger partial charge is 0.268 e. The zero-order valence-electron chi connectivity index (χ0n) is 46.3. The first-order valence-electron chi connectivity index (χ1n) is 30.1. The first-order chi connectivity index (χ1) is 33.0. The molecule has 0 heterocycles. The summed E-state index contributed by atoms with van der Waals surface area (Å²) in [6.45, 7) is 4.68. The molecular weight excluding hydrogens is 864 g/mol. The van der Waals surface area contributed by atoms with Crippen molar-refractivity contribution in [3.63, 3.8) is 0 Å². The Kier molecular flexibility index (Phi) is 50.6. The number of hydrogen-bond donors (Lipinski definition) is 2. The summed E-state index contributed by atoms with van der Waals surface area (Å²) in [7, 11) is 1.28. The molecule has 0 aliphatic rings. The highest BCUT2D eigenvalue weighted by atomic mass is 31.2. The molecule has 0 aromatic carbocycles. The van der Waals surface area contributed by atoms with Gasteiger partial charge in [0.1, 0.15) is 13.2 Å². The molecule has 406 valence electrons. The minimum Gasteiger partial charge on any atom is -0.756 e. The number of carbonyl (C=O) groups excluding carboxylic acids is 1. The molecule has 0 aromatic rings. The Hall–Kier alpha value is -0.760. The molecule has 0 radical (unpaired) electrons. The number of carbonyl (C=O) groups is 1. The molecule has 2 N–H and O–H groups in total. The minimum atomic E-state index is -4.59. The number of aliphatic hydroxyl groups is 1. The van der Waals surface area contributed by atoms with Crippen molar-refractivity contribution >= 4 is 13.7 Å². The minimum absolute atomic E-state index is 0.00243. The summed E-state index contributed by atoms with van der Waals surface area (Å²) in [4.78, 5) is 25.4. The van der Waals surface area contributed by atoms with Crippen LogP contribution in [0.15, 0.2) is 12.2 Å². The van der Waals surface area contributed by atoms with Gasteiger partial charge in [0.25, 0.3) is 7.82 Å². The quantitative estimate of drug-likeness (QED) is 0.0272. The fraction of sp³-hybridized carbons (Fsp3) is 0.949. The largest absolute Gasteiger partial charge is 0.756 e. The number of phosphoric acid groups is 1. The van der Waals surface area contributed by atoms with E-state index >= 15 is 0 Å². The fourth-order valence-corrected chi connectivity index (χ4v) is 10.00. The van der Waals surface area contributed by atoms with Crippen LogP contribution in [0.4, 0.5) is 0 Å². The van der Waals surface area contributed by atoms with E-state index in [1.807, 2.05) is 27.2 Å². The van der Waals surface area contributed by atoms with Crippen LogP contribution in [0.1, 0.15) is 309 Å². The molecule has 0 spiro atoms. The Morgan fingerprint density at radius 3 is 1.10 bits per heavy atom. The van der Waals surface area contributed by atoms with E-state index in [4.69, 9.17) is 9.05 Å². The van der Waals surface area contributed by atoms with E-state index < -0.39 is 20.0 Å². The third-order valence-corrected chi connectivity index (χ3v) is 15.0. The summed E-state index contributed by atoms with van der Waals surface area (Å²) in [6.07, 6.45) is 63.1. The Bertz CT molecular complexity index is 1120. The second-order valence-electron chi connectivity index (χ2n) is 22.1. The lowest BCUT2D eigenvalue weighted by molar-refractivity contribution is -0.870. The summed E-state index contributed by atoms with van der Waals surface area (Å²) in [6, 6.07) is -0.881. The van der Waals surface area contributed by atoms with Crippen molar-refractivity contribution in [1.82, 2.24) is 5.32 Å². The van der Waals surface area contributed by atoms with Gasteiger partial charge >= 0.3 is 0 Å². The zero-order valence-corrected chi connectivity index (χ0v) is 47.2. The molecule has 0 bridgehead atoms. The monoisotopic (exact) mass is 983 g/mol. The number of nitrogens with one attached hydrogen (secondary N) is 1. The van der Waals surface area contributed by atoms with Gasteiger partial charge in [-0.25, -0.2) is 0 Å². The molecule has 1 unspecified atom stereocenters. The van der Waals surface area contributed by atoms with E-state index in [1.165, 1.54) is 250 Å². The standard InChI is InChI=1S/C59H119N2O6P/c1-6-8-10-12-14-16-18-20-21-22-23-24-25-26-27-28-29-30-31-32-33-34-35-36-37-38-39-41-43-45-47-49-51-53-59(63)60-57(56-67-68(64,65)66-55-54-61(3,4)5)58(62)52-50-48-46-44-42-40-19-17-15-13-11-9-7-2/h50,52,57-58,62H,6-49,51,53-56H2,1-5H3,(H-,60,63,64,65)/b52-50+/t57-,58+/m0/s1. The van der Waals surface area contributed by atoms with Gasteiger partial charge in [0.05, 0.1) is 39.9 Å². The molecular formula is C59H119N2O6P. The summed E-state index contributed by atoms with van der Waals surface area (Å²) in [5.74, 6) is -0.191. The van der Waals surface area contributed by atoms with Crippen LogP contribution in [0.2, 0.25) is 0 Å². The number of allylic oxidation sites excluding steroid dienone is 1. The van der Waals surface area contributed by atoms with E-state index in [-0.39, 0.29) is 19.1 Å². The Morgan fingerprint density at radius 1 is 0.500 bits per heavy atom. The summed E-state index contributed by atoms with van der Waals surface area (Å²) in [5, 5.41) is 13.8. The maximum absolute atomic E-state index is 12.9. The van der Waals surface area contributed by atoms with Crippen LogP contribution in [0.25, 0.3) is 0 Å². The Labute approximate surface area is 424 Å². The molecule has 1 amide bonds. The van der Waals surface area contributed by atoms with E-state index in [0.29, 0.717) is 17.4 Å². The number of amides is 1. The second-order valence-corrected chi connectivity index (χ2v) is 23.5. The van der Waals surface area contributed by atoms with Gasteiger partial charge in [-0.3, -0.25) is 9.36 Å². The predicted octanol–water partition coefficient (Wildman–Crippen LogP) is 17.6. The number of unbranched alkanes of at least 4 members (excludes halogenated alkanes) is 43.